The van der Waals surface area contributed by atoms with E-state index in [0.29, 0.717) is 24.2 Å². The Hall–Kier alpha value is -2.66. The molecule has 23 heavy (non-hydrogen) atoms. The van der Waals surface area contributed by atoms with Crippen LogP contribution >= 0.6 is 0 Å². The fourth-order valence-corrected chi connectivity index (χ4v) is 3.74. The highest BCUT2D eigenvalue weighted by Gasteiger charge is 2.46. The summed E-state index contributed by atoms with van der Waals surface area (Å²) in [6.45, 7) is 0.961. The second-order valence-electron chi connectivity index (χ2n) is 6.01. The molecule has 3 aliphatic rings. The van der Waals surface area contributed by atoms with Gasteiger partial charge in [0, 0.05) is 35.3 Å². The Morgan fingerprint density at radius 3 is 1.65 bits per heavy atom. The Bertz CT molecular complexity index is 778. The van der Waals surface area contributed by atoms with Gasteiger partial charge in [0.05, 0.1) is 0 Å². The largest absolute Gasteiger partial charge is 0.326 e. The van der Waals surface area contributed by atoms with Crippen molar-refractivity contribution in [3.8, 4) is 0 Å². The summed E-state index contributed by atoms with van der Waals surface area (Å²) in [7, 11) is 0. The summed E-state index contributed by atoms with van der Waals surface area (Å²) in [5.41, 5.74) is 3.17. The fourth-order valence-electron chi connectivity index (χ4n) is 3.74. The van der Waals surface area contributed by atoms with Crippen LogP contribution in [0.4, 0.5) is 0 Å². The third kappa shape index (κ3) is 1.60. The summed E-state index contributed by atoms with van der Waals surface area (Å²) < 4.78 is 6.26. The molecular weight excluding hydrogens is 292 g/mol. The third-order valence-corrected chi connectivity index (χ3v) is 4.84. The minimum absolute atomic E-state index is 0.0208. The number of hydrogen-bond acceptors (Lipinski definition) is 3. The summed E-state index contributed by atoms with van der Waals surface area (Å²) in [6, 6.07) is 15.1. The SMILES string of the molecule is O=C1c2ccccc2[C@H]2O[C@@H]3c4ccccc4C(=O)N3CCN12. The molecule has 1 saturated heterocycles. The van der Waals surface area contributed by atoms with E-state index in [0.717, 1.165) is 11.1 Å². The lowest BCUT2D eigenvalue weighted by atomic mass is 10.1. The van der Waals surface area contributed by atoms with Crippen LogP contribution < -0.4 is 0 Å². The molecule has 0 aliphatic carbocycles. The van der Waals surface area contributed by atoms with Crippen molar-refractivity contribution in [2.24, 2.45) is 0 Å². The van der Waals surface area contributed by atoms with Crippen LogP contribution in [0, 0.1) is 0 Å². The number of rotatable bonds is 0. The number of nitrogens with zero attached hydrogens (tertiary/aromatic N) is 2. The van der Waals surface area contributed by atoms with E-state index in [1.807, 2.05) is 48.5 Å². The molecule has 2 atom stereocenters. The molecule has 0 N–H and O–H groups in total. The van der Waals surface area contributed by atoms with Crippen LogP contribution in [-0.4, -0.2) is 34.7 Å². The molecule has 0 spiro atoms. The van der Waals surface area contributed by atoms with Crippen LogP contribution in [0.1, 0.15) is 44.3 Å². The van der Waals surface area contributed by atoms with E-state index in [-0.39, 0.29) is 11.8 Å². The van der Waals surface area contributed by atoms with Gasteiger partial charge >= 0.3 is 0 Å². The van der Waals surface area contributed by atoms with E-state index in [1.165, 1.54) is 0 Å². The highest BCUT2D eigenvalue weighted by molar-refractivity contribution is 6.00. The molecule has 3 heterocycles. The lowest BCUT2D eigenvalue weighted by Crippen LogP contribution is -2.34. The van der Waals surface area contributed by atoms with Crippen LogP contribution in [-0.2, 0) is 4.74 Å². The lowest BCUT2D eigenvalue weighted by molar-refractivity contribution is -0.103. The third-order valence-electron chi connectivity index (χ3n) is 4.84. The van der Waals surface area contributed by atoms with Crippen molar-refractivity contribution >= 4 is 11.8 Å². The number of carbonyl (C=O) groups is 2. The van der Waals surface area contributed by atoms with Crippen molar-refractivity contribution in [1.82, 2.24) is 9.80 Å². The molecular formula is C18H14N2O3. The monoisotopic (exact) mass is 306 g/mol. The fraction of sp³-hybridized carbons (Fsp3) is 0.222. The zero-order valence-corrected chi connectivity index (χ0v) is 12.3. The molecule has 2 amide bonds. The minimum atomic E-state index is -0.423. The van der Waals surface area contributed by atoms with Crippen LogP contribution in [0.15, 0.2) is 48.5 Å². The standard InChI is InChI=1S/C18H14N2O3/c21-15-11-5-1-3-7-13(11)17-19(15)9-10-20-16(22)12-6-2-4-8-14(12)18(20)23-17/h1-8,17-18H,9-10H2/t17-,18-/m1/s1. The first-order chi connectivity index (χ1) is 11.3. The highest BCUT2D eigenvalue weighted by Crippen LogP contribution is 2.44. The minimum Gasteiger partial charge on any atom is -0.326 e. The van der Waals surface area contributed by atoms with E-state index < -0.39 is 12.5 Å². The molecule has 5 nitrogen and oxygen atoms in total. The van der Waals surface area contributed by atoms with Gasteiger partial charge in [0.25, 0.3) is 11.8 Å². The normalized spacial score (nSPS) is 24.9. The number of hydrogen-bond donors (Lipinski definition) is 0. The van der Waals surface area contributed by atoms with Crippen molar-refractivity contribution < 1.29 is 14.3 Å². The predicted molar refractivity (Wildman–Crippen MR) is 81.5 cm³/mol. The van der Waals surface area contributed by atoms with E-state index >= 15 is 0 Å². The van der Waals surface area contributed by atoms with E-state index in [4.69, 9.17) is 4.74 Å². The van der Waals surface area contributed by atoms with Crippen LogP contribution in [0.3, 0.4) is 0 Å². The van der Waals surface area contributed by atoms with Crippen molar-refractivity contribution in [2.75, 3.05) is 13.1 Å². The average molecular weight is 306 g/mol. The number of fused-ring (bicyclic) bond motifs is 6. The molecule has 114 valence electrons. The van der Waals surface area contributed by atoms with Gasteiger partial charge in [-0.1, -0.05) is 36.4 Å². The van der Waals surface area contributed by atoms with Gasteiger partial charge in [0.15, 0.2) is 12.5 Å². The zero-order valence-electron chi connectivity index (χ0n) is 12.3. The second-order valence-corrected chi connectivity index (χ2v) is 6.01. The van der Waals surface area contributed by atoms with E-state index in [9.17, 15) is 9.59 Å². The molecule has 0 bridgehead atoms. The molecule has 1 fully saturated rings. The topological polar surface area (TPSA) is 49.9 Å². The number of carbonyl (C=O) groups excluding carboxylic acids is 2. The molecule has 2 aromatic rings. The van der Waals surface area contributed by atoms with Crippen LogP contribution in [0.5, 0.6) is 0 Å². The summed E-state index contributed by atoms with van der Waals surface area (Å²) in [6.07, 6.45) is -0.847. The summed E-state index contributed by atoms with van der Waals surface area (Å²) >= 11 is 0. The zero-order chi connectivity index (χ0) is 15.6. The number of ether oxygens (including phenoxy) is 1. The highest BCUT2D eigenvalue weighted by atomic mass is 16.5. The molecule has 0 saturated carbocycles. The van der Waals surface area contributed by atoms with Crippen molar-refractivity contribution in [2.45, 2.75) is 12.5 Å². The second kappa shape index (κ2) is 4.43. The molecule has 3 aliphatic heterocycles. The number of benzene rings is 2. The Labute approximate surface area is 133 Å². The van der Waals surface area contributed by atoms with E-state index in [2.05, 4.69) is 0 Å². The maximum atomic E-state index is 12.6. The van der Waals surface area contributed by atoms with Crippen molar-refractivity contribution in [3.05, 3.63) is 70.8 Å². The maximum Gasteiger partial charge on any atom is 0.256 e. The quantitative estimate of drug-likeness (QED) is 0.750. The smallest absolute Gasteiger partial charge is 0.256 e. The molecule has 5 heteroatoms. The number of amides is 2. The average Bonchev–Trinajstić information content (AvgIpc) is 2.91. The maximum absolute atomic E-state index is 12.6. The lowest BCUT2D eigenvalue weighted by Gasteiger charge is -2.25. The summed E-state index contributed by atoms with van der Waals surface area (Å²) in [4.78, 5) is 28.6. The van der Waals surface area contributed by atoms with Gasteiger partial charge in [-0.25, -0.2) is 0 Å². The van der Waals surface area contributed by atoms with Gasteiger partial charge in [-0.2, -0.15) is 0 Å². The molecule has 5 rings (SSSR count). The van der Waals surface area contributed by atoms with Crippen LogP contribution in [0.2, 0.25) is 0 Å². The van der Waals surface area contributed by atoms with Gasteiger partial charge in [0.1, 0.15) is 0 Å². The van der Waals surface area contributed by atoms with E-state index in [1.54, 1.807) is 9.80 Å². The first kappa shape index (κ1) is 12.8. The predicted octanol–water partition coefficient (Wildman–Crippen LogP) is 2.33. The van der Waals surface area contributed by atoms with Gasteiger partial charge in [-0.3, -0.25) is 9.59 Å². The Morgan fingerprint density at radius 1 is 0.739 bits per heavy atom. The van der Waals surface area contributed by atoms with Gasteiger partial charge in [0.2, 0.25) is 0 Å². The molecule has 0 radical (unpaired) electrons. The summed E-state index contributed by atoms with van der Waals surface area (Å²) in [5, 5.41) is 0. The summed E-state index contributed by atoms with van der Waals surface area (Å²) in [5.74, 6) is -0.0417. The Kier molecular flexibility index (Phi) is 2.47. The van der Waals surface area contributed by atoms with Gasteiger partial charge in [-0.05, 0) is 12.1 Å². The molecule has 0 unspecified atom stereocenters. The molecule has 2 aromatic carbocycles. The Morgan fingerprint density at radius 2 is 1.17 bits per heavy atom. The first-order valence-electron chi connectivity index (χ1n) is 7.71. The first-order valence-corrected chi connectivity index (χ1v) is 7.71. The molecule has 0 aromatic heterocycles. The Balaban J connectivity index is 1.61. The van der Waals surface area contributed by atoms with Crippen molar-refractivity contribution in [1.29, 1.82) is 0 Å². The van der Waals surface area contributed by atoms with Gasteiger partial charge in [-0.15, -0.1) is 0 Å². The van der Waals surface area contributed by atoms with Crippen molar-refractivity contribution in [3.63, 3.8) is 0 Å². The van der Waals surface area contributed by atoms with Gasteiger partial charge < -0.3 is 14.5 Å². The van der Waals surface area contributed by atoms with Crippen LogP contribution in [0.25, 0.3) is 0 Å².